The molecule has 2 aliphatic carbocycles. The normalized spacial score (nSPS) is 35.3. The van der Waals surface area contributed by atoms with Gasteiger partial charge in [-0.1, -0.05) is 26.8 Å². The second-order valence-corrected chi connectivity index (χ2v) is 6.72. The number of carbonyl (C=O) groups excluding carboxylic acids is 1. The van der Waals surface area contributed by atoms with Gasteiger partial charge in [-0.15, -0.1) is 0 Å². The number of ether oxygens (including phenoxy) is 1. The van der Waals surface area contributed by atoms with Crippen LogP contribution in [0.4, 0.5) is 0 Å². The third kappa shape index (κ3) is 1.71. The summed E-state index contributed by atoms with van der Waals surface area (Å²) in [5, 5.41) is 0. The van der Waals surface area contributed by atoms with Crippen LogP contribution in [0.5, 0.6) is 0 Å². The van der Waals surface area contributed by atoms with Gasteiger partial charge in [-0.3, -0.25) is 0 Å². The third-order valence-corrected chi connectivity index (χ3v) is 5.84. The lowest BCUT2D eigenvalue weighted by atomic mass is 9.70. The van der Waals surface area contributed by atoms with Crippen LogP contribution in [0.3, 0.4) is 0 Å². The molecule has 0 spiro atoms. The number of fused-ring (bicyclic) bond motifs is 2. The Labute approximate surface area is 114 Å². The molecule has 3 rings (SSSR count). The summed E-state index contributed by atoms with van der Waals surface area (Å²) in [6.07, 6.45) is 5.09. The molecular weight excluding hydrogens is 238 g/mol. The molecule has 3 heteroatoms. The summed E-state index contributed by atoms with van der Waals surface area (Å²) in [4.78, 5) is 16.2. The van der Waals surface area contributed by atoms with E-state index in [1.807, 2.05) is 6.07 Å². The van der Waals surface area contributed by atoms with Crippen LogP contribution in [0.1, 0.15) is 50.5 Å². The molecule has 102 valence electrons. The van der Waals surface area contributed by atoms with Gasteiger partial charge in [0.25, 0.3) is 0 Å². The van der Waals surface area contributed by atoms with Gasteiger partial charge in [0.1, 0.15) is 11.8 Å². The van der Waals surface area contributed by atoms with E-state index in [0.717, 1.165) is 12.8 Å². The lowest BCUT2D eigenvalue weighted by Gasteiger charge is -2.38. The van der Waals surface area contributed by atoms with Crippen molar-refractivity contribution < 1.29 is 9.53 Å². The smallest absolute Gasteiger partial charge is 0.357 e. The van der Waals surface area contributed by atoms with Crippen LogP contribution in [-0.2, 0) is 4.74 Å². The minimum atomic E-state index is -0.282. The molecular formula is C16H21NO2. The number of pyridine rings is 1. The Morgan fingerprint density at radius 1 is 1.37 bits per heavy atom. The van der Waals surface area contributed by atoms with Gasteiger partial charge in [-0.05, 0) is 42.7 Å². The summed E-state index contributed by atoms with van der Waals surface area (Å²) in [6.45, 7) is 6.91. The van der Waals surface area contributed by atoms with Gasteiger partial charge < -0.3 is 4.74 Å². The first-order valence-electron chi connectivity index (χ1n) is 7.07. The number of carbonyl (C=O) groups is 1. The maximum absolute atomic E-state index is 12.1. The van der Waals surface area contributed by atoms with Crippen molar-refractivity contribution in [2.75, 3.05) is 0 Å². The first-order chi connectivity index (χ1) is 8.95. The van der Waals surface area contributed by atoms with E-state index in [1.165, 1.54) is 6.42 Å². The first kappa shape index (κ1) is 12.6. The van der Waals surface area contributed by atoms with Crippen LogP contribution in [-0.4, -0.2) is 17.1 Å². The molecule has 3 nitrogen and oxygen atoms in total. The summed E-state index contributed by atoms with van der Waals surface area (Å²) in [5.41, 5.74) is 0.788. The van der Waals surface area contributed by atoms with Gasteiger partial charge in [-0.25, -0.2) is 9.78 Å². The van der Waals surface area contributed by atoms with E-state index in [1.54, 1.807) is 18.3 Å². The fourth-order valence-corrected chi connectivity index (χ4v) is 3.98. The highest BCUT2D eigenvalue weighted by Gasteiger charge is 2.62. The zero-order chi connectivity index (χ0) is 13.7. The molecule has 0 radical (unpaired) electrons. The molecule has 0 unspecified atom stereocenters. The molecule has 2 saturated carbocycles. The van der Waals surface area contributed by atoms with Gasteiger partial charge in [-0.2, -0.15) is 0 Å². The topological polar surface area (TPSA) is 39.2 Å². The molecule has 19 heavy (non-hydrogen) atoms. The van der Waals surface area contributed by atoms with Gasteiger partial charge in [0.05, 0.1) is 0 Å². The average molecular weight is 259 g/mol. The molecule has 0 saturated heterocycles. The van der Waals surface area contributed by atoms with E-state index < -0.39 is 0 Å². The van der Waals surface area contributed by atoms with Crippen LogP contribution in [0.2, 0.25) is 0 Å². The highest BCUT2D eigenvalue weighted by atomic mass is 16.5. The third-order valence-electron chi connectivity index (χ3n) is 5.84. The van der Waals surface area contributed by atoms with Crippen LogP contribution in [0, 0.1) is 16.7 Å². The maximum atomic E-state index is 12.1. The second-order valence-electron chi connectivity index (χ2n) is 6.72. The Hall–Kier alpha value is -1.38. The van der Waals surface area contributed by atoms with Crippen LogP contribution in [0.15, 0.2) is 24.4 Å². The van der Waals surface area contributed by atoms with Crippen LogP contribution in [0.25, 0.3) is 0 Å². The van der Waals surface area contributed by atoms with Crippen molar-refractivity contribution in [3.05, 3.63) is 30.1 Å². The highest BCUT2D eigenvalue weighted by Crippen LogP contribution is 2.66. The quantitative estimate of drug-likeness (QED) is 0.764. The summed E-state index contributed by atoms with van der Waals surface area (Å²) < 4.78 is 5.77. The number of esters is 1. The number of aromatic nitrogens is 1. The Morgan fingerprint density at radius 3 is 2.68 bits per heavy atom. The van der Waals surface area contributed by atoms with E-state index >= 15 is 0 Å². The predicted octanol–water partition coefficient (Wildman–Crippen LogP) is 3.45. The van der Waals surface area contributed by atoms with Gasteiger partial charge in [0.15, 0.2) is 0 Å². The summed E-state index contributed by atoms with van der Waals surface area (Å²) in [6, 6.07) is 5.33. The van der Waals surface area contributed by atoms with Crippen molar-refractivity contribution in [1.29, 1.82) is 0 Å². The predicted molar refractivity (Wildman–Crippen MR) is 72.7 cm³/mol. The number of hydrogen-bond acceptors (Lipinski definition) is 3. The second kappa shape index (κ2) is 4.06. The molecule has 1 aromatic rings. The lowest BCUT2D eigenvalue weighted by Crippen LogP contribution is -2.38. The van der Waals surface area contributed by atoms with Crippen molar-refractivity contribution in [2.45, 2.75) is 46.1 Å². The molecule has 0 N–H and O–H groups in total. The fraction of sp³-hybridized carbons (Fsp3) is 0.625. The maximum Gasteiger partial charge on any atom is 0.357 e. The molecule has 0 amide bonds. The number of nitrogens with zero attached hydrogens (tertiary/aromatic N) is 1. The Bertz CT molecular complexity index is 497. The van der Waals surface area contributed by atoms with E-state index in [9.17, 15) is 4.79 Å². The van der Waals surface area contributed by atoms with Crippen molar-refractivity contribution in [3.8, 4) is 0 Å². The van der Waals surface area contributed by atoms with Crippen molar-refractivity contribution in [3.63, 3.8) is 0 Å². The first-order valence-corrected chi connectivity index (χ1v) is 7.07. The highest BCUT2D eigenvalue weighted by molar-refractivity contribution is 5.87. The minimum absolute atomic E-state index is 0.0377. The minimum Gasteiger partial charge on any atom is -0.457 e. The van der Waals surface area contributed by atoms with E-state index in [0.29, 0.717) is 11.6 Å². The van der Waals surface area contributed by atoms with Crippen molar-refractivity contribution >= 4 is 5.97 Å². The summed E-state index contributed by atoms with van der Waals surface area (Å²) in [7, 11) is 0. The molecule has 2 bridgehead atoms. The molecule has 0 aromatic carbocycles. The van der Waals surface area contributed by atoms with Crippen molar-refractivity contribution in [2.24, 2.45) is 16.7 Å². The molecule has 2 fully saturated rings. The average Bonchev–Trinajstić information content (AvgIpc) is 2.73. The standard InChI is InChI=1S/C16H21NO2/c1-15(2)11-7-8-16(15,3)13(10-11)19-14(18)12-6-4-5-9-17-12/h4-6,9,11,13H,7-8,10H2,1-3H3/t11-,13+,16+/m0/s1. The monoisotopic (exact) mass is 259 g/mol. The molecule has 1 heterocycles. The zero-order valence-corrected chi connectivity index (χ0v) is 11.8. The molecule has 0 aliphatic heterocycles. The SMILES string of the molecule is CC1(C)[C@H]2CC[C@]1(C)[C@H](OC(=O)c1ccccn1)C2. The van der Waals surface area contributed by atoms with Crippen LogP contribution >= 0.6 is 0 Å². The van der Waals surface area contributed by atoms with Gasteiger partial charge >= 0.3 is 5.97 Å². The summed E-state index contributed by atoms with van der Waals surface area (Å²) >= 11 is 0. The summed E-state index contributed by atoms with van der Waals surface area (Å²) in [5.74, 6) is 0.397. The Balaban J connectivity index is 1.78. The van der Waals surface area contributed by atoms with E-state index in [2.05, 4.69) is 25.8 Å². The van der Waals surface area contributed by atoms with Crippen molar-refractivity contribution in [1.82, 2.24) is 4.98 Å². The largest absolute Gasteiger partial charge is 0.457 e. The lowest BCUT2D eigenvalue weighted by molar-refractivity contribution is -0.0247. The Morgan fingerprint density at radius 2 is 2.16 bits per heavy atom. The molecule has 2 aliphatic rings. The number of rotatable bonds is 2. The molecule has 3 atom stereocenters. The zero-order valence-electron chi connectivity index (χ0n) is 11.8. The van der Waals surface area contributed by atoms with E-state index in [-0.39, 0.29) is 22.9 Å². The van der Waals surface area contributed by atoms with Gasteiger partial charge in [0, 0.05) is 11.6 Å². The van der Waals surface area contributed by atoms with Gasteiger partial charge in [0.2, 0.25) is 0 Å². The molecule has 1 aromatic heterocycles. The van der Waals surface area contributed by atoms with E-state index in [4.69, 9.17) is 4.74 Å². The van der Waals surface area contributed by atoms with Crippen LogP contribution < -0.4 is 0 Å². The Kier molecular flexibility index (Phi) is 2.70. The fourth-order valence-electron chi connectivity index (χ4n) is 3.98. The number of hydrogen-bond donors (Lipinski definition) is 0.